The highest BCUT2D eigenvalue weighted by molar-refractivity contribution is 5.75. The number of nitrogens with one attached hydrogen (secondary N) is 1. The van der Waals surface area contributed by atoms with Crippen LogP contribution >= 0.6 is 0 Å². The Labute approximate surface area is 148 Å². The van der Waals surface area contributed by atoms with E-state index in [0.29, 0.717) is 23.5 Å². The number of hydrogen-bond donors (Lipinski definition) is 1. The van der Waals surface area contributed by atoms with E-state index < -0.39 is 0 Å². The molecule has 1 aromatic carbocycles. The van der Waals surface area contributed by atoms with Gasteiger partial charge in [0, 0.05) is 44.8 Å². The largest absolute Gasteiger partial charge is 0.383 e. The van der Waals surface area contributed by atoms with Crippen LogP contribution in [0.1, 0.15) is 5.69 Å². The van der Waals surface area contributed by atoms with Crippen molar-refractivity contribution in [3.8, 4) is 0 Å². The summed E-state index contributed by atoms with van der Waals surface area (Å²) < 4.78 is 6.33. The van der Waals surface area contributed by atoms with Crippen LogP contribution in [0, 0.1) is 6.92 Å². The molecular weight excluding hydrogens is 332 g/mol. The number of aryl methyl sites for hydroxylation is 2. The fourth-order valence-electron chi connectivity index (χ4n) is 3.27. The minimum atomic E-state index is -0.378. The first-order valence-corrected chi connectivity index (χ1v) is 8.42. The van der Waals surface area contributed by atoms with Crippen LogP contribution in [-0.2, 0) is 20.6 Å². The van der Waals surface area contributed by atoms with Crippen LogP contribution in [0.5, 0.6) is 0 Å². The molecular formula is C18H20N6O2. The van der Waals surface area contributed by atoms with Gasteiger partial charge >= 0.3 is 5.69 Å². The molecule has 8 heteroatoms. The number of para-hydroxylation sites is 1. The van der Waals surface area contributed by atoms with Crippen molar-refractivity contribution in [2.24, 2.45) is 14.1 Å². The Bertz CT molecular complexity index is 1230. The van der Waals surface area contributed by atoms with Gasteiger partial charge in [0.1, 0.15) is 0 Å². The topological polar surface area (TPSA) is 78.3 Å². The molecule has 3 aromatic heterocycles. The minimum absolute atomic E-state index is 0.338. The molecule has 0 aliphatic rings. The predicted octanol–water partition coefficient (Wildman–Crippen LogP) is 1.11. The molecule has 0 atom stereocenters. The van der Waals surface area contributed by atoms with Gasteiger partial charge in [-0.15, -0.1) is 0 Å². The highest BCUT2D eigenvalue weighted by Gasteiger charge is 2.18. The highest BCUT2D eigenvalue weighted by Crippen LogP contribution is 2.16. The number of nitrogens with zero attached hydrogens (tertiary/aromatic N) is 5. The maximum Gasteiger partial charge on any atom is 0.332 e. The van der Waals surface area contributed by atoms with Gasteiger partial charge in [-0.05, 0) is 19.1 Å². The van der Waals surface area contributed by atoms with Crippen LogP contribution in [0.25, 0.3) is 16.9 Å². The van der Waals surface area contributed by atoms with E-state index in [9.17, 15) is 9.59 Å². The summed E-state index contributed by atoms with van der Waals surface area (Å²) in [6, 6.07) is 9.98. The molecule has 1 N–H and O–H groups in total. The Morgan fingerprint density at radius 1 is 1.08 bits per heavy atom. The maximum atomic E-state index is 12.6. The Morgan fingerprint density at radius 3 is 2.54 bits per heavy atom. The number of fused-ring (bicyclic) bond motifs is 3. The van der Waals surface area contributed by atoms with Gasteiger partial charge in [-0.1, -0.05) is 18.2 Å². The third kappa shape index (κ3) is 2.33. The number of benzene rings is 1. The highest BCUT2D eigenvalue weighted by atomic mass is 16.2. The van der Waals surface area contributed by atoms with Crippen LogP contribution in [0.4, 0.5) is 5.69 Å². The van der Waals surface area contributed by atoms with Gasteiger partial charge in [-0.2, -0.15) is 4.98 Å². The normalized spacial score (nSPS) is 11.5. The zero-order valence-corrected chi connectivity index (χ0v) is 14.9. The lowest BCUT2D eigenvalue weighted by Gasteiger charge is -2.08. The van der Waals surface area contributed by atoms with Gasteiger partial charge < -0.3 is 9.88 Å². The lowest BCUT2D eigenvalue weighted by Crippen LogP contribution is -2.37. The van der Waals surface area contributed by atoms with E-state index in [-0.39, 0.29) is 11.2 Å². The molecule has 0 spiro atoms. The molecule has 0 fully saturated rings. The second-order valence-electron chi connectivity index (χ2n) is 6.37. The minimum Gasteiger partial charge on any atom is -0.383 e. The van der Waals surface area contributed by atoms with Crippen LogP contribution in [0.3, 0.4) is 0 Å². The third-order valence-corrected chi connectivity index (χ3v) is 4.69. The molecule has 26 heavy (non-hydrogen) atoms. The number of hydrogen-bond acceptors (Lipinski definition) is 4. The van der Waals surface area contributed by atoms with Crippen molar-refractivity contribution in [1.82, 2.24) is 23.1 Å². The van der Waals surface area contributed by atoms with Crippen molar-refractivity contribution < 1.29 is 0 Å². The quantitative estimate of drug-likeness (QED) is 0.597. The zero-order valence-electron chi connectivity index (χ0n) is 14.9. The molecule has 0 saturated carbocycles. The van der Waals surface area contributed by atoms with Crippen molar-refractivity contribution in [2.45, 2.75) is 13.5 Å². The summed E-state index contributed by atoms with van der Waals surface area (Å²) in [5, 5.41) is 3.37. The predicted molar refractivity (Wildman–Crippen MR) is 101 cm³/mol. The van der Waals surface area contributed by atoms with Gasteiger partial charge in [0.2, 0.25) is 5.78 Å². The molecule has 0 bridgehead atoms. The van der Waals surface area contributed by atoms with E-state index in [1.54, 1.807) is 11.4 Å². The molecule has 0 aliphatic carbocycles. The zero-order chi connectivity index (χ0) is 18.4. The Hall–Kier alpha value is -3.29. The second-order valence-corrected chi connectivity index (χ2v) is 6.37. The molecule has 0 saturated heterocycles. The van der Waals surface area contributed by atoms with Gasteiger partial charge in [-0.3, -0.25) is 18.3 Å². The summed E-state index contributed by atoms with van der Waals surface area (Å²) in [6.45, 7) is 3.39. The maximum absolute atomic E-state index is 12.6. The van der Waals surface area contributed by atoms with Crippen LogP contribution in [-0.4, -0.2) is 29.6 Å². The van der Waals surface area contributed by atoms with E-state index in [2.05, 4.69) is 10.3 Å². The molecule has 3 heterocycles. The van der Waals surface area contributed by atoms with E-state index in [1.807, 2.05) is 48.0 Å². The lowest BCUT2D eigenvalue weighted by molar-refractivity contribution is 0.706. The van der Waals surface area contributed by atoms with E-state index in [0.717, 1.165) is 22.5 Å². The van der Waals surface area contributed by atoms with E-state index in [4.69, 9.17) is 0 Å². The van der Waals surface area contributed by atoms with Gasteiger partial charge in [0.25, 0.3) is 5.56 Å². The van der Waals surface area contributed by atoms with Gasteiger partial charge in [0.05, 0.1) is 0 Å². The Kier molecular flexibility index (Phi) is 3.68. The first-order valence-electron chi connectivity index (χ1n) is 8.42. The van der Waals surface area contributed by atoms with E-state index in [1.165, 1.54) is 11.6 Å². The first-order chi connectivity index (χ1) is 12.5. The average molecular weight is 352 g/mol. The van der Waals surface area contributed by atoms with Gasteiger partial charge in [-0.25, -0.2) is 4.79 Å². The standard InChI is InChI=1S/C18H20N6O2/c1-12-11-24-14-15(21(2)18(26)22(3)16(14)25)20-17(24)23(12)10-9-19-13-7-5-4-6-8-13/h4-8,11,19H,9-10H2,1-3H3. The fourth-order valence-corrected chi connectivity index (χ4v) is 3.27. The number of aromatic nitrogens is 5. The van der Waals surface area contributed by atoms with Crippen LogP contribution < -0.4 is 16.6 Å². The van der Waals surface area contributed by atoms with Crippen LogP contribution in [0.2, 0.25) is 0 Å². The summed E-state index contributed by atoms with van der Waals surface area (Å²) in [7, 11) is 3.11. The number of rotatable bonds is 4. The van der Waals surface area contributed by atoms with Crippen molar-refractivity contribution >= 4 is 22.6 Å². The summed E-state index contributed by atoms with van der Waals surface area (Å²) in [5.41, 5.74) is 2.16. The summed E-state index contributed by atoms with van der Waals surface area (Å²) >= 11 is 0. The first kappa shape index (κ1) is 16.2. The molecule has 0 unspecified atom stereocenters. The summed E-state index contributed by atoms with van der Waals surface area (Å²) in [5.74, 6) is 0.658. The molecule has 8 nitrogen and oxygen atoms in total. The fraction of sp³-hybridized carbons (Fsp3) is 0.278. The Balaban J connectivity index is 1.77. The van der Waals surface area contributed by atoms with Crippen LogP contribution in [0.15, 0.2) is 46.1 Å². The molecule has 4 aromatic rings. The molecule has 4 rings (SSSR count). The SMILES string of the molecule is Cc1cn2c3c(=O)n(C)c(=O)n(C)c3nc2n1CCNc1ccccc1. The number of anilines is 1. The monoisotopic (exact) mass is 352 g/mol. The molecule has 134 valence electrons. The molecule has 0 amide bonds. The Morgan fingerprint density at radius 2 is 1.81 bits per heavy atom. The third-order valence-electron chi connectivity index (χ3n) is 4.69. The lowest BCUT2D eigenvalue weighted by atomic mass is 10.3. The second kappa shape index (κ2) is 5.91. The summed E-state index contributed by atoms with van der Waals surface area (Å²) in [4.78, 5) is 29.3. The van der Waals surface area contributed by atoms with Crippen molar-refractivity contribution in [3.05, 3.63) is 63.1 Å². The molecule has 0 radical (unpaired) electrons. The van der Waals surface area contributed by atoms with E-state index >= 15 is 0 Å². The number of imidazole rings is 2. The average Bonchev–Trinajstić information content (AvgIpc) is 3.15. The van der Waals surface area contributed by atoms with Crippen molar-refractivity contribution in [3.63, 3.8) is 0 Å². The van der Waals surface area contributed by atoms with Crippen molar-refractivity contribution in [1.29, 1.82) is 0 Å². The molecule has 0 aliphatic heterocycles. The van der Waals surface area contributed by atoms with Crippen molar-refractivity contribution in [2.75, 3.05) is 11.9 Å². The summed E-state index contributed by atoms with van der Waals surface area (Å²) in [6.07, 6.45) is 1.89. The smallest absolute Gasteiger partial charge is 0.332 e. The van der Waals surface area contributed by atoms with Gasteiger partial charge in [0.15, 0.2) is 11.2 Å².